The van der Waals surface area contributed by atoms with E-state index in [1.165, 1.54) is 163 Å². The Morgan fingerprint density at radius 2 is 0.543 bits per heavy atom. The van der Waals surface area contributed by atoms with Crippen molar-refractivity contribution in [3.05, 3.63) is 144 Å². The number of benzene rings is 1. The maximum absolute atomic E-state index is 16.1. The topological polar surface area (TPSA) is 488 Å². The summed E-state index contributed by atoms with van der Waals surface area (Å²) in [5.41, 5.74) is 10.2. The van der Waals surface area contributed by atoms with Gasteiger partial charge in [0.1, 0.15) is 36.3 Å². The van der Waals surface area contributed by atoms with Gasteiger partial charge in [0.2, 0.25) is 59.1 Å². The van der Waals surface area contributed by atoms with Gasteiger partial charge in [0.05, 0.1) is 38.0 Å². The van der Waals surface area contributed by atoms with Crippen LogP contribution in [-0.4, -0.2) is 207 Å². The Bertz CT molecular complexity index is 4110. The number of carbonyl (C=O) groups is 11. The molecule has 7 heterocycles. The Balaban J connectivity index is 0.00000557. The second-order valence-corrected chi connectivity index (χ2v) is 34.6. The highest BCUT2D eigenvalue weighted by Crippen LogP contribution is 2.23. The van der Waals surface area contributed by atoms with Gasteiger partial charge in [-0.25, -0.2) is 29.9 Å². The lowest BCUT2D eigenvalue weighted by molar-refractivity contribution is -0.139. The number of aromatic amines is 6. The number of carboxylic acid groups (broad SMARTS) is 1. The fourth-order valence-corrected chi connectivity index (χ4v) is 16.4. The molecule has 34 nitrogen and oxygen atoms in total. The third-order valence-corrected chi connectivity index (χ3v) is 23.4. The van der Waals surface area contributed by atoms with Crippen LogP contribution in [0.3, 0.4) is 0 Å². The van der Waals surface area contributed by atoms with Crippen LogP contribution in [0.15, 0.2) is 93.3 Å². The maximum atomic E-state index is 16.1. The number of aromatic nitrogens is 12. The molecule has 6 aromatic heterocycles. The number of amides is 10. The van der Waals surface area contributed by atoms with Crippen LogP contribution in [0.25, 0.3) is 0 Å². The molecule has 0 spiro atoms. The molecule has 1 aliphatic rings. The number of unbranched alkanes of at least 4 members (excludes halogenated alkanes) is 30. The van der Waals surface area contributed by atoms with Gasteiger partial charge in [-0.3, -0.25) is 52.7 Å². The van der Waals surface area contributed by atoms with Gasteiger partial charge in [-0.05, 0) is 55.4 Å². The first-order valence-electron chi connectivity index (χ1n) is 47.8. The Kier molecular flexibility index (Phi) is 50.3. The zero-order chi connectivity index (χ0) is 92.4. The molecule has 15 N–H and O–H groups in total. The Hall–Kier alpha value is -11.4. The van der Waals surface area contributed by atoms with Crippen LogP contribution in [0.5, 0.6) is 0 Å². The lowest BCUT2D eigenvalue weighted by Gasteiger charge is -2.33. The first kappa shape index (κ1) is 105. The lowest BCUT2D eigenvalue weighted by atomic mass is 10.0. The molecule has 1 aromatic carbocycles. The van der Waals surface area contributed by atoms with Crippen molar-refractivity contribution in [1.29, 1.82) is 0 Å². The van der Waals surface area contributed by atoms with Crippen LogP contribution < -0.4 is 37.6 Å². The maximum Gasteiger partial charge on any atom is 0.300 e. The van der Waals surface area contributed by atoms with E-state index in [-0.39, 0.29) is 133 Å². The highest BCUT2D eigenvalue weighted by molar-refractivity contribution is 5.96. The number of fused-ring (bicyclic) bond motifs is 2. The van der Waals surface area contributed by atoms with Crippen LogP contribution in [-0.2, 0) is 99.6 Å². The molecule has 0 saturated heterocycles. The molecule has 6 atom stereocenters. The van der Waals surface area contributed by atoms with Gasteiger partial charge in [0.15, 0.2) is 0 Å². The molecule has 0 saturated carbocycles. The monoisotopic (exact) mass is 1790 g/mol. The van der Waals surface area contributed by atoms with Gasteiger partial charge in [-0.15, -0.1) is 0 Å². The summed E-state index contributed by atoms with van der Waals surface area (Å²) in [7, 11) is 0. The summed E-state index contributed by atoms with van der Waals surface area (Å²) in [6.07, 6.45) is 54.9. The van der Waals surface area contributed by atoms with Gasteiger partial charge in [0.25, 0.3) is 5.97 Å². The summed E-state index contributed by atoms with van der Waals surface area (Å²) in [4.78, 5) is 206. The van der Waals surface area contributed by atoms with Crippen LogP contribution >= 0.6 is 0 Å². The van der Waals surface area contributed by atoms with E-state index in [4.69, 9.17) is 15.6 Å². The van der Waals surface area contributed by atoms with Gasteiger partial charge in [-0.2, -0.15) is 0 Å². The van der Waals surface area contributed by atoms with E-state index in [2.05, 4.69) is 112 Å². The summed E-state index contributed by atoms with van der Waals surface area (Å²) >= 11 is 0. The SMILES string of the molecule is CC(=O)O.CCCCCCCCCCCCCC(=O)N[C@@H](Cc1cnc[nH]1)C(=O)N[C@@H](Cc1cnc[nH]1)C(=O)N1CCCN(C(=O)[C@H](Cc2cnc[nH]2)NC(=O)[C@H](Cc2cnc[nH]2)NC(=O)CCCCCCCCCCCCC)Cc2cc(cc(C(N)=O)c2)CN(C(=O)[C@H](Cc2cnc[nH]2)NC(=O)[C@H](Cc2cnc[nH]2)NC(=O)CCCCCCCCCCCCC)CCC1. The summed E-state index contributed by atoms with van der Waals surface area (Å²) < 4.78 is 0. The van der Waals surface area contributed by atoms with Gasteiger partial charge in [-0.1, -0.05) is 219 Å². The number of primary amides is 1. The normalized spacial score (nSPS) is 13.9. The van der Waals surface area contributed by atoms with E-state index >= 15 is 28.8 Å². The number of nitrogens with zero attached hydrogens (tertiary/aromatic N) is 9. The molecule has 8 rings (SSSR count). The minimum absolute atomic E-state index is 0.0119. The molecule has 34 heteroatoms. The predicted molar refractivity (Wildman–Crippen MR) is 493 cm³/mol. The minimum Gasteiger partial charge on any atom is -0.481 e. The standard InChI is InChI=1S/C93H144N22O10.C2H4O2/c1-4-7-10-13-16-19-22-25-28-31-34-39-84(116)107-78(49-72-55-95-63-101-72)88(120)110-81(52-75-58-98-66-104-75)91(123)113-42-37-44-114(92(124)82(53-76-59-99-67-105-76)111-89(121)79(50-73-56-96-64-102-73)108-85(117)40-35-32-29-26-23-20-17-14-11-8-5-2)61-69-46-70(48-71(47-69)87(94)119)62-115(45-38-43-113)93(125)83(54-77-60-100-68-106-77)112-90(122)80(51-74-57-97-65-103-74)109-86(118)41-36-33-30-27-24-21-18-15-12-9-6-3;1-2(3)4/h46-48,55-60,63-68,78-83H,4-45,49-54,61-62H2,1-3H3,(H2,94,119)(H,95,101)(H,96,102)(H,97,103)(H,98,104)(H,99,105)(H,100,106)(H,107,116)(H,108,117)(H,109,118)(H,110,120)(H,111,121)(H,112,122);1H3,(H,3,4)/t78-,79-,80-,81-,82-,83-;/m0./s1. The number of hydrogen-bond acceptors (Lipinski definition) is 17. The van der Waals surface area contributed by atoms with E-state index < -0.39 is 83.6 Å². The quantitative estimate of drug-likeness (QED) is 0.0157. The van der Waals surface area contributed by atoms with Gasteiger partial charge >= 0.3 is 0 Å². The van der Waals surface area contributed by atoms with Crippen molar-refractivity contribution < 1.29 is 57.8 Å². The van der Waals surface area contributed by atoms with Crippen molar-refractivity contribution in [3.63, 3.8) is 0 Å². The summed E-state index contributed by atoms with van der Waals surface area (Å²) in [5, 5.41) is 25.4. The number of imidazole rings is 6. The second-order valence-electron chi connectivity index (χ2n) is 34.6. The third kappa shape index (κ3) is 42.6. The van der Waals surface area contributed by atoms with Crippen LogP contribution in [0.1, 0.15) is 327 Å². The molecule has 1 aliphatic heterocycles. The zero-order valence-electron chi connectivity index (χ0n) is 77.0. The van der Waals surface area contributed by atoms with E-state index in [1.807, 2.05) is 0 Å². The highest BCUT2D eigenvalue weighted by Gasteiger charge is 2.36. The number of rotatable bonds is 61. The van der Waals surface area contributed by atoms with Crippen LogP contribution in [0.4, 0.5) is 0 Å². The summed E-state index contributed by atoms with van der Waals surface area (Å²) in [5.74, 6) is -6.27. The van der Waals surface area contributed by atoms with Crippen LogP contribution in [0, 0.1) is 0 Å². The number of H-pyrrole nitrogens is 6. The minimum atomic E-state index is -1.33. The van der Waals surface area contributed by atoms with Gasteiger partial charge < -0.3 is 87.3 Å². The zero-order valence-corrected chi connectivity index (χ0v) is 77.0. The van der Waals surface area contributed by atoms with Crippen molar-refractivity contribution in [2.45, 2.75) is 360 Å². The Morgan fingerprint density at radius 3 is 0.767 bits per heavy atom. The summed E-state index contributed by atoms with van der Waals surface area (Å²) in [6.45, 7) is 7.09. The smallest absolute Gasteiger partial charge is 0.300 e. The van der Waals surface area contributed by atoms with E-state index in [0.717, 1.165) is 84.0 Å². The third-order valence-electron chi connectivity index (χ3n) is 23.4. The Labute approximate surface area is 761 Å². The first-order valence-corrected chi connectivity index (χ1v) is 47.8. The van der Waals surface area contributed by atoms with Crippen molar-refractivity contribution >= 4 is 65.0 Å². The average Bonchev–Trinajstić information content (AvgIpc) is 1.86. The average molecular weight is 1790 g/mol. The number of carbonyl (C=O) groups excluding carboxylic acids is 10. The molecule has 0 fully saturated rings. The van der Waals surface area contributed by atoms with Crippen molar-refractivity contribution in [2.75, 3.05) is 26.2 Å². The number of hydrogen-bond donors (Lipinski definition) is 14. The van der Waals surface area contributed by atoms with Crippen molar-refractivity contribution in [2.24, 2.45) is 5.73 Å². The number of carboxylic acids is 1. The fourth-order valence-electron chi connectivity index (χ4n) is 16.4. The number of nitrogens with two attached hydrogens (primary N) is 1. The molecule has 7 aromatic rings. The molecule has 710 valence electrons. The molecule has 10 amide bonds. The molecule has 0 unspecified atom stereocenters. The predicted octanol–water partition coefficient (Wildman–Crippen LogP) is 12.0. The van der Waals surface area contributed by atoms with E-state index in [0.29, 0.717) is 64.6 Å². The molecule has 0 aliphatic carbocycles. The van der Waals surface area contributed by atoms with E-state index in [1.54, 1.807) is 60.3 Å². The molecular weight excluding hydrogens is 1640 g/mol. The summed E-state index contributed by atoms with van der Waals surface area (Å²) in [6, 6.07) is -2.55. The molecular formula is C95H148N22O12. The molecule has 0 radical (unpaired) electrons. The van der Waals surface area contributed by atoms with E-state index in [9.17, 15) is 19.2 Å². The number of nitrogens with one attached hydrogen (secondary N) is 12. The Morgan fingerprint density at radius 1 is 0.326 bits per heavy atom. The van der Waals surface area contributed by atoms with Crippen molar-refractivity contribution in [3.8, 4) is 0 Å². The molecule has 129 heavy (non-hydrogen) atoms. The second kappa shape index (κ2) is 62.0. The number of aliphatic carboxylic acids is 1. The van der Waals surface area contributed by atoms with Crippen molar-refractivity contribution in [1.82, 2.24) is 106 Å². The van der Waals surface area contributed by atoms with Crippen LogP contribution in [0.2, 0.25) is 0 Å². The largest absolute Gasteiger partial charge is 0.481 e. The molecule has 2 bridgehead atoms. The highest BCUT2D eigenvalue weighted by atomic mass is 16.4. The van der Waals surface area contributed by atoms with Gasteiger partial charge in [0, 0.05) is 181 Å². The lowest BCUT2D eigenvalue weighted by Crippen LogP contribution is -2.57. The first-order chi connectivity index (χ1) is 62.7. The fraction of sp³-hybridized carbons (Fsp3) is 0.632.